The third-order valence-electron chi connectivity index (χ3n) is 2.57. The molecule has 0 saturated carbocycles. The Morgan fingerprint density at radius 3 is 2.72 bits per heavy atom. The number of nitrogen functional groups attached to an aromatic ring is 1. The topological polar surface area (TPSA) is 26.0 Å². The summed E-state index contributed by atoms with van der Waals surface area (Å²) >= 11 is 4.80. The molecule has 1 nitrogen and oxygen atoms in total. The van der Waals surface area contributed by atoms with Crippen molar-refractivity contribution in [1.82, 2.24) is 0 Å². The Kier molecular flexibility index (Phi) is 4.30. The Hall–Kier alpha value is -1.00. The third kappa shape index (κ3) is 3.27. The first-order valence-electron chi connectivity index (χ1n) is 5.49. The molecule has 0 aliphatic carbocycles. The Labute approximate surface area is 119 Å². The van der Waals surface area contributed by atoms with Gasteiger partial charge in [0, 0.05) is 20.8 Å². The number of hydrogen-bond donors (Lipinski definition) is 1. The molecule has 18 heavy (non-hydrogen) atoms. The molecule has 0 saturated heterocycles. The van der Waals surface area contributed by atoms with E-state index in [1.165, 1.54) is 6.07 Å². The fraction of sp³-hybridized carbons (Fsp3) is 0.143. The summed E-state index contributed by atoms with van der Waals surface area (Å²) in [6.45, 7) is 2.02. The number of aryl methyl sites for hydroxylation is 1. The molecule has 0 fully saturated rings. The zero-order valence-electron chi connectivity index (χ0n) is 9.91. The number of nitrogens with two attached hydrogens (primary N) is 1. The van der Waals surface area contributed by atoms with Crippen molar-refractivity contribution in [3.8, 4) is 0 Å². The van der Waals surface area contributed by atoms with Gasteiger partial charge in [-0.1, -0.05) is 28.1 Å². The molecule has 0 atom stereocenters. The number of halogens is 2. The number of rotatable bonds is 3. The minimum Gasteiger partial charge on any atom is -0.398 e. The van der Waals surface area contributed by atoms with Crippen LogP contribution in [0.15, 0.2) is 45.8 Å². The summed E-state index contributed by atoms with van der Waals surface area (Å²) in [5, 5.41) is 0. The van der Waals surface area contributed by atoms with E-state index in [-0.39, 0.29) is 5.82 Å². The molecule has 0 unspecified atom stereocenters. The molecule has 94 valence electrons. The molecule has 4 heteroatoms. The highest BCUT2D eigenvalue weighted by molar-refractivity contribution is 9.10. The monoisotopic (exact) mass is 325 g/mol. The van der Waals surface area contributed by atoms with Gasteiger partial charge in [-0.05, 0) is 42.3 Å². The smallest absolute Gasteiger partial charge is 0.128 e. The van der Waals surface area contributed by atoms with E-state index in [4.69, 9.17) is 5.73 Å². The highest BCUT2D eigenvalue weighted by Gasteiger charge is 2.05. The summed E-state index contributed by atoms with van der Waals surface area (Å²) in [5.74, 6) is 0.385. The van der Waals surface area contributed by atoms with E-state index >= 15 is 0 Å². The second-order valence-corrected chi connectivity index (χ2v) is 6.00. The lowest BCUT2D eigenvalue weighted by Gasteiger charge is -2.07. The first kappa shape index (κ1) is 13.4. The van der Waals surface area contributed by atoms with Crippen LogP contribution in [0.4, 0.5) is 10.1 Å². The van der Waals surface area contributed by atoms with Crippen LogP contribution in [0.25, 0.3) is 0 Å². The first-order chi connectivity index (χ1) is 8.56. The Balaban J connectivity index is 2.13. The van der Waals surface area contributed by atoms with Gasteiger partial charge in [-0.25, -0.2) is 4.39 Å². The van der Waals surface area contributed by atoms with Crippen molar-refractivity contribution in [2.45, 2.75) is 17.6 Å². The van der Waals surface area contributed by atoms with Gasteiger partial charge in [-0.3, -0.25) is 0 Å². The van der Waals surface area contributed by atoms with Crippen LogP contribution >= 0.6 is 27.7 Å². The third-order valence-corrected chi connectivity index (χ3v) is 4.18. The molecule has 0 spiro atoms. The van der Waals surface area contributed by atoms with Crippen LogP contribution in [0, 0.1) is 12.7 Å². The number of thioether (sulfide) groups is 1. The predicted octanol–water partition coefficient (Wildman–Crippen LogP) is 4.77. The van der Waals surface area contributed by atoms with Crippen molar-refractivity contribution < 1.29 is 4.39 Å². The fourth-order valence-electron chi connectivity index (χ4n) is 1.56. The normalized spacial score (nSPS) is 10.6. The van der Waals surface area contributed by atoms with Gasteiger partial charge >= 0.3 is 0 Å². The van der Waals surface area contributed by atoms with Crippen molar-refractivity contribution in [1.29, 1.82) is 0 Å². The van der Waals surface area contributed by atoms with E-state index in [9.17, 15) is 4.39 Å². The molecule has 0 radical (unpaired) electrons. The van der Waals surface area contributed by atoms with Crippen LogP contribution < -0.4 is 5.73 Å². The van der Waals surface area contributed by atoms with Crippen molar-refractivity contribution in [3.63, 3.8) is 0 Å². The van der Waals surface area contributed by atoms with Crippen molar-refractivity contribution >= 4 is 33.4 Å². The Morgan fingerprint density at radius 2 is 2.00 bits per heavy atom. The summed E-state index contributed by atoms with van der Waals surface area (Å²) in [6.07, 6.45) is 0. The number of hydrogen-bond acceptors (Lipinski definition) is 2. The number of anilines is 1. The summed E-state index contributed by atoms with van der Waals surface area (Å²) in [6, 6.07) is 11.0. The molecule has 2 aromatic carbocycles. The van der Waals surface area contributed by atoms with Crippen LogP contribution in [0.1, 0.15) is 11.1 Å². The molecule has 0 amide bonds. The van der Waals surface area contributed by atoms with Crippen molar-refractivity contribution in [2.75, 3.05) is 5.73 Å². The highest BCUT2D eigenvalue weighted by Crippen LogP contribution is 2.30. The second kappa shape index (κ2) is 5.76. The summed E-state index contributed by atoms with van der Waals surface area (Å²) in [5.41, 5.74) is 8.47. The minimum absolute atomic E-state index is 0.192. The molecule has 0 aliphatic rings. The van der Waals surface area contributed by atoms with E-state index in [1.807, 2.05) is 31.2 Å². The summed E-state index contributed by atoms with van der Waals surface area (Å²) in [7, 11) is 0. The molecular weight excluding hydrogens is 313 g/mol. The standard InChI is InChI=1S/C14H13BrFNS/c1-9-2-5-13(17)14(6-9)18-8-10-3-4-11(15)7-12(10)16/h2-7H,8,17H2,1H3. The maximum Gasteiger partial charge on any atom is 0.128 e. The van der Waals surface area contributed by atoms with Gasteiger partial charge in [-0.15, -0.1) is 11.8 Å². The quantitative estimate of drug-likeness (QED) is 0.649. The number of benzene rings is 2. The van der Waals surface area contributed by atoms with Gasteiger partial charge in [0.1, 0.15) is 5.82 Å². The van der Waals surface area contributed by atoms with Gasteiger partial charge in [0.05, 0.1) is 0 Å². The first-order valence-corrected chi connectivity index (χ1v) is 7.27. The van der Waals surface area contributed by atoms with Crippen LogP contribution in [0.2, 0.25) is 0 Å². The van der Waals surface area contributed by atoms with Gasteiger partial charge in [-0.2, -0.15) is 0 Å². The van der Waals surface area contributed by atoms with Crippen LogP contribution in [-0.2, 0) is 5.75 Å². The van der Waals surface area contributed by atoms with E-state index in [0.717, 1.165) is 20.6 Å². The maximum absolute atomic E-state index is 13.7. The molecule has 2 aromatic rings. The van der Waals surface area contributed by atoms with Gasteiger partial charge in [0.2, 0.25) is 0 Å². The minimum atomic E-state index is -0.192. The average molecular weight is 326 g/mol. The van der Waals surface area contributed by atoms with E-state index < -0.39 is 0 Å². The average Bonchev–Trinajstić information content (AvgIpc) is 2.32. The van der Waals surface area contributed by atoms with Gasteiger partial charge in [0.25, 0.3) is 0 Å². The van der Waals surface area contributed by atoms with E-state index in [1.54, 1.807) is 17.8 Å². The zero-order valence-corrected chi connectivity index (χ0v) is 12.3. The van der Waals surface area contributed by atoms with Gasteiger partial charge in [0.15, 0.2) is 0 Å². The van der Waals surface area contributed by atoms with E-state index in [2.05, 4.69) is 15.9 Å². The van der Waals surface area contributed by atoms with Gasteiger partial charge < -0.3 is 5.73 Å². The lowest BCUT2D eigenvalue weighted by Crippen LogP contribution is -1.91. The fourth-order valence-corrected chi connectivity index (χ4v) is 2.94. The maximum atomic E-state index is 13.7. The summed E-state index contributed by atoms with van der Waals surface area (Å²) < 4.78 is 14.4. The molecule has 0 aliphatic heterocycles. The van der Waals surface area contributed by atoms with Crippen molar-refractivity contribution in [3.05, 3.63) is 57.8 Å². The SMILES string of the molecule is Cc1ccc(N)c(SCc2ccc(Br)cc2F)c1. The molecule has 0 heterocycles. The lowest BCUT2D eigenvalue weighted by atomic mass is 10.2. The van der Waals surface area contributed by atoms with Crippen LogP contribution in [-0.4, -0.2) is 0 Å². The van der Waals surface area contributed by atoms with E-state index in [0.29, 0.717) is 11.3 Å². The Morgan fingerprint density at radius 1 is 1.22 bits per heavy atom. The molecule has 0 aromatic heterocycles. The lowest BCUT2D eigenvalue weighted by molar-refractivity contribution is 0.616. The van der Waals surface area contributed by atoms with Crippen molar-refractivity contribution in [2.24, 2.45) is 0 Å². The molecule has 2 N–H and O–H groups in total. The molecule has 2 rings (SSSR count). The zero-order chi connectivity index (χ0) is 13.1. The largest absolute Gasteiger partial charge is 0.398 e. The summed E-state index contributed by atoms with van der Waals surface area (Å²) in [4.78, 5) is 0.998. The molecule has 0 bridgehead atoms. The van der Waals surface area contributed by atoms with Crippen LogP contribution in [0.3, 0.4) is 0 Å². The molecular formula is C14H13BrFNS. The highest BCUT2D eigenvalue weighted by atomic mass is 79.9. The Bertz CT molecular complexity index is 572. The second-order valence-electron chi connectivity index (χ2n) is 4.07. The van der Waals surface area contributed by atoms with Crippen LogP contribution in [0.5, 0.6) is 0 Å². The predicted molar refractivity (Wildman–Crippen MR) is 79.3 cm³/mol.